The molecule has 2 aliphatic heterocycles. The highest BCUT2D eigenvalue weighted by Crippen LogP contribution is 2.32. The molecule has 2 bridgehead atoms. The number of methoxy groups -OCH3 is 1. The van der Waals surface area contributed by atoms with Crippen LogP contribution in [0.4, 0.5) is 5.69 Å². The predicted molar refractivity (Wildman–Crippen MR) is 104 cm³/mol. The Kier molecular flexibility index (Phi) is 7.62. The Labute approximate surface area is 165 Å². The molecule has 1 aromatic carbocycles. The third kappa shape index (κ3) is 5.94. The predicted octanol–water partition coefficient (Wildman–Crippen LogP) is 1.87. The number of nitrogens with one attached hydrogen (secondary N) is 3. The average Bonchev–Trinajstić information content (AvgIpc) is 2.98. The molecular formula is C19H26ClN3O4. The zero-order chi connectivity index (χ0) is 18.5. The molecule has 0 saturated carbocycles. The second-order valence-electron chi connectivity index (χ2n) is 7.06. The zero-order valence-corrected chi connectivity index (χ0v) is 16.1. The van der Waals surface area contributed by atoms with Crippen LogP contribution in [0.3, 0.4) is 0 Å². The molecule has 8 heteroatoms. The Morgan fingerprint density at radius 2 is 1.74 bits per heavy atom. The summed E-state index contributed by atoms with van der Waals surface area (Å²) in [6.07, 6.45) is 5.13. The van der Waals surface area contributed by atoms with Crippen LogP contribution in [0.2, 0.25) is 0 Å². The quantitative estimate of drug-likeness (QED) is 0.639. The fourth-order valence-electron chi connectivity index (χ4n) is 3.85. The molecule has 27 heavy (non-hydrogen) atoms. The molecule has 2 fully saturated rings. The van der Waals surface area contributed by atoms with Crippen molar-refractivity contribution in [3.63, 3.8) is 0 Å². The number of hydrogen-bond acceptors (Lipinski definition) is 5. The average molecular weight is 396 g/mol. The number of amides is 2. The van der Waals surface area contributed by atoms with Crippen molar-refractivity contribution in [1.29, 1.82) is 0 Å². The smallest absolute Gasteiger partial charge is 0.325 e. The summed E-state index contributed by atoms with van der Waals surface area (Å²) >= 11 is 0. The highest BCUT2D eigenvalue weighted by Gasteiger charge is 2.34. The lowest BCUT2D eigenvalue weighted by Crippen LogP contribution is -2.39. The Morgan fingerprint density at radius 1 is 1.11 bits per heavy atom. The fraction of sp³-hybridized carbons (Fsp3) is 0.526. The minimum atomic E-state index is -0.506. The van der Waals surface area contributed by atoms with Gasteiger partial charge in [-0.3, -0.25) is 14.4 Å². The Balaban J connectivity index is 0.00000261. The van der Waals surface area contributed by atoms with Crippen LogP contribution in [-0.4, -0.2) is 43.5 Å². The number of piperidine rings is 1. The van der Waals surface area contributed by atoms with Gasteiger partial charge in [-0.1, -0.05) is 0 Å². The maximum atomic E-state index is 12.3. The van der Waals surface area contributed by atoms with Crippen molar-refractivity contribution >= 4 is 35.9 Å². The summed E-state index contributed by atoms with van der Waals surface area (Å²) in [4.78, 5) is 35.2. The molecule has 7 nitrogen and oxygen atoms in total. The first kappa shape index (κ1) is 21.2. The molecule has 2 heterocycles. The summed E-state index contributed by atoms with van der Waals surface area (Å²) in [6, 6.07) is 7.78. The van der Waals surface area contributed by atoms with Crippen molar-refractivity contribution in [3.8, 4) is 0 Å². The van der Waals surface area contributed by atoms with E-state index in [1.165, 1.54) is 20.0 Å². The number of anilines is 1. The van der Waals surface area contributed by atoms with Crippen LogP contribution in [0, 0.1) is 5.92 Å². The van der Waals surface area contributed by atoms with Crippen LogP contribution in [0.5, 0.6) is 0 Å². The van der Waals surface area contributed by atoms with Crippen molar-refractivity contribution < 1.29 is 19.1 Å². The van der Waals surface area contributed by atoms with Gasteiger partial charge in [-0.2, -0.15) is 0 Å². The standard InChI is InChI=1S/C19H25N3O4.ClH/c1-26-18(24)11-20-19(25)13-2-4-14(5-3-13)22-17(23)10-12-8-15-6-7-16(9-12)21-15;/h2-5,12,15-16,21H,6-11H2,1H3,(H,20,25)(H,22,23);1H. The summed E-state index contributed by atoms with van der Waals surface area (Å²) in [5, 5.41) is 8.95. The van der Waals surface area contributed by atoms with E-state index in [1.54, 1.807) is 24.3 Å². The maximum Gasteiger partial charge on any atom is 0.325 e. The molecule has 0 aromatic heterocycles. The molecule has 3 rings (SSSR count). The van der Waals surface area contributed by atoms with Gasteiger partial charge in [0, 0.05) is 29.8 Å². The van der Waals surface area contributed by atoms with Crippen molar-refractivity contribution in [1.82, 2.24) is 10.6 Å². The SMILES string of the molecule is COC(=O)CNC(=O)c1ccc(NC(=O)CC2CC3CCC(C2)N3)cc1.Cl. The number of esters is 1. The molecule has 2 unspecified atom stereocenters. The van der Waals surface area contributed by atoms with Gasteiger partial charge in [0.05, 0.1) is 7.11 Å². The highest BCUT2D eigenvalue weighted by atomic mass is 35.5. The lowest BCUT2D eigenvalue weighted by molar-refractivity contribution is -0.139. The molecule has 2 aliphatic rings. The van der Waals surface area contributed by atoms with Gasteiger partial charge in [-0.05, 0) is 55.9 Å². The van der Waals surface area contributed by atoms with Crippen molar-refractivity contribution in [2.24, 2.45) is 5.92 Å². The van der Waals surface area contributed by atoms with Crippen molar-refractivity contribution in [3.05, 3.63) is 29.8 Å². The van der Waals surface area contributed by atoms with Crippen LogP contribution < -0.4 is 16.0 Å². The number of hydrogen-bond donors (Lipinski definition) is 3. The number of halogens is 1. The third-order valence-electron chi connectivity index (χ3n) is 5.10. The van der Waals surface area contributed by atoms with Gasteiger partial charge in [0.1, 0.15) is 6.54 Å². The van der Waals surface area contributed by atoms with Crippen LogP contribution in [0.15, 0.2) is 24.3 Å². The lowest BCUT2D eigenvalue weighted by Gasteiger charge is -2.28. The molecular weight excluding hydrogens is 370 g/mol. The van der Waals surface area contributed by atoms with E-state index in [-0.39, 0.29) is 30.8 Å². The van der Waals surface area contributed by atoms with E-state index >= 15 is 0 Å². The van der Waals surface area contributed by atoms with Gasteiger partial charge in [-0.25, -0.2) is 0 Å². The van der Waals surface area contributed by atoms with E-state index in [0.717, 1.165) is 12.8 Å². The van der Waals surface area contributed by atoms with E-state index in [2.05, 4.69) is 20.7 Å². The highest BCUT2D eigenvalue weighted by molar-refractivity contribution is 5.97. The monoisotopic (exact) mass is 395 g/mol. The van der Waals surface area contributed by atoms with E-state index in [1.807, 2.05) is 0 Å². The van der Waals surface area contributed by atoms with Gasteiger partial charge in [-0.15, -0.1) is 12.4 Å². The van der Waals surface area contributed by atoms with Gasteiger partial charge in [0.15, 0.2) is 0 Å². The van der Waals surface area contributed by atoms with E-state index < -0.39 is 5.97 Å². The summed E-state index contributed by atoms with van der Waals surface area (Å²) in [5.74, 6) is -0.414. The lowest BCUT2D eigenvalue weighted by atomic mass is 9.89. The first-order valence-corrected chi connectivity index (χ1v) is 9.04. The molecule has 2 atom stereocenters. The molecule has 2 amide bonds. The maximum absolute atomic E-state index is 12.3. The largest absolute Gasteiger partial charge is 0.468 e. The first-order chi connectivity index (χ1) is 12.5. The second kappa shape index (κ2) is 9.71. The van der Waals surface area contributed by atoms with Gasteiger partial charge >= 0.3 is 5.97 Å². The molecule has 1 aromatic rings. The van der Waals surface area contributed by atoms with E-state index in [4.69, 9.17) is 0 Å². The fourth-order valence-corrected chi connectivity index (χ4v) is 3.85. The van der Waals surface area contributed by atoms with Crippen molar-refractivity contribution in [2.45, 2.75) is 44.2 Å². The zero-order valence-electron chi connectivity index (χ0n) is 15.3. The van der Waals surface area contributed by atoms with Crippen LogP contribution in [0.25, 0.3) is 0 Å². The number of fused-ring (bicyclic) bond motifs is 2. The molecule has 0 radical (unpaired) electrons. The Bertz CT molecular complexity index is 668. The van der Waals surface area contributed by atoms with Crippen LogP contribution in [0.1, 0.15) is 42.5 Å². The summed E-state index contributed by atoms with van der Waals surface area (Å²) in [7, 11) is 1.26. The minimum absolute atomic E-state index is 0. The summed E-state index contributed by atoms with van der Waals surface area (Å²) < 4.78 is 4.47. The normalized spacial score (nSPS) is 23.1. The van der Waals surface area contributed by atoms with Crippen molar-refractivity contribution in [2.75, 3.05) is 19.0 Å². The first-order valence-electron chi connectivity index (χ1n) is 9.04. The number of carbonyl (C=O) groups is 3. The molecule has 0 aliphatic carbocycles. The number of benzene rings is 1. The molecule has 148 valence electrons. The van der Waals surface area contributed by atoms with Crippen LogP contribution in [-0.2, 0) is 14.3 Å². The summed E-state index contributed by atoms with van der Waals surface area (Å²) in [5.41, 5.74) is 1.08. The van der Waals surface area contributed by atoms with Crippen LogP contribution >= 0.6 is 12.4 Å². The number of carbonyl (C=O) groups excluding carboxylic acids is 3. The number of rotatable bonds is 6. The topological polar surface area (TPSA) is 96.5 Å². The van der Waals surface area contributed by atoms with E-state index in [0.29, 0.717) is 35.7 Å². The summed E-state index contributed by atoms with van der Waals surface area (Å²) in [6.45, 7) is -0.175. The Hall–Kier alpha value is -2.12. The third-order valence-corrected chi connectivity index (χ3v) is 5.10. The number of ether oxygens (including phenoxy) is 1. The van der Waals surface area contributed by atoms with Gasteiger partial charge in [0.25, 0.3) is 5.91 Å². The van der Waals surface area contributed by atoms with E-state index in [9.17, 15) is 14.4 Å². The van der Waals surface area contributed by atoms with Gasteiger partial charge in [0.2, 0.25) is 5.91 Å². The second-order valence-corrected chi connectivity index (χ2v) is 7.06. The molecule has 0 spiro atoms. The van der Waals surface area contributed by atoms with Gasteiger partial charge < -0.3 is 20.7 Å². The Morgan fingerprint density at radius 3 is 2.33 bits per heavy atom. The minimum Gasteiger partial charge on any atom is -0.468 e. The molecule has 2 saturated heterocycles. The molecule has 3 N–H and O–H groups in total.